The van der Waals surface area contributed by atoms with Crippen molar-refractivity contribution >= 4 is 45.0 Å². The standard InChI is InChI=1S/C29H25BrClN9O2/c30-19-5-9-21(10-6-19)38-11-1-2-25(29(38)42)40-16-24(35-36-40)22-14-33-39-13-12-37(17-26(22)39)28(41)23-15-32-27(34-23)18-3-7-20(31)8-4-18/h3-10,14-16,25H,1-2,11-13,17H2,(H,32,34). The number of hydrogen-bond donors (Lipinski definition) is 1. The second-order valence-corrected chi connectivity index (χ2v) is 11.7. The fourth-order valence-corrected chi connectivity index (χ4v) is 5.91. The van der Waals surface area contributed by atoms with Crippen LogP contribution < -0.4 is 4.90 Å². The van der Waals surface area contributed by atoms with Crippen molar-refractivity contribution in [1.29, 1.82) is 0 Å². The van der Waals surface area contributed by atoms with Crippen LogP contribution in [0, 0.1) is 0 Å². The first-order valence-corrected chi connectivity index (χ1v) is 14.8. The molecule has 5 heterocycles. The van der Waals surface area contributed by atoms with E-state index in [1.165, 1.54) is 0 Å². The fourth-order valence-electron chi connectivity index (χ4n) is 5.52. The van der Waals surface area contributed by atoms with Crippen molar-refractivity contribution in [3.8, 4) is 22.6 Å². The summed E-state index contributed by atoms with van der Waals surface area (Å²) in [6, 6.07) is 14.6. The molecule has 0 saturated carbocycles. The van der Waals surface area contributed by atoms with Crippen molar-refractivity contribution in [1.82, 2.24) is 39.6 Å². The Kier molecular flexibility index (Phi) is 6.87. The molecule has 13 heteroatoms. The molecule has 11 nitrogen and oxygen atoms in total. The van der Waals surface area contributed by atoms with Gasteiger partial charge in [0.1, 0.15) is 23.3 Å². The van der Waals surface area contributed by atoms with Gasteiger partial charge in [0.05, 0.1) is 37.4 Å². The lowest BCUT2D eigenvalue weighted by Gasteiger charge is -2.32. The molecule has 42 heavy (non-hydrogen) atoms. The largest absolute Gasteiger partial charge is 0.334 e. The van der Waals surface area contributed by atoms with E-state index in [0.29, 0.717) is 54.8 Å². The highest BCUT2D eigenvalue weighted by Gasteiger charge is 2.33. The van der Waals surface area contributed by atoms with Gasteiger partial charge in [-0.3, -0.25) is 14.3 Å². The Morgan fingerprint density at radius 2 is 1.83 bits per heavy atom. The van der Waals surface area contributed by atoms with E-state index in [9.17, 15) is 9.59 Å². The lowest BCUT2D eigenvalue weighted by atomic mass is 10.0. The van der Waals surface area contributed by atoms with E-state index in [0.717, 1.165) is 33.4 Å². The molecule has 1 saturated heterocycles. The van der Waals surface area contributed by atoms with Crippen LogP contribution >= 0.6 is 27.5 Å². The summed E-state index contributed by atoms with van der Waals surface area (Å²) in [5.74, 6) is 0.447. The quantitative estimate of drug-likeness (QED) is 0.288. The highest BCUT2D eigenvalue weighted by molar-refractivity contribution is 9.10. The van der Waals surface area contributed by atoms with E-state index in [2.05, 4.69) is 41.3 Å². The molecule has 1 fully saturated rings. The predicted octanol–water partition coefficient (Wildman–Crippen LogP) is 4.97. The van der Waals surface area contributed by atoms with Gasteiger partial charge in [-0.1, -0.05) is 32.7 Å². The van der Waals surface area contributed by atoms with Gasteiger partial charge in [-0.2, -0.15) is 5.10 Å². The van der Waals surface area contributed by atoms with Gasteiger partial charge < -0.3 is 14.8 Å². The number of nitrogens with one attached hydrogen (secondary N) is 1. The van der Waals surface area contributed by atoms with Crippen molar-refractivity contribution < 1.29 is 9.59 Å². The van der Waals surface area contributed by atoms with E-state index in [-0.39, 0.29) is 11.8 Å². The molecule has 2 aromatic carbocycles. The lowest BCUT2D eigenvalue weighted by Crippen LogP contribution is -2.42. The SMILES string of the molecule is O=C(c1cnc(-c2ccc(Cl)cc2)[nH]1)N1CCn2ncc(-c3cn(C4CCCN(c5ccc(Br)cc5)C4=O)nn3)c2C1. The zero-order valence-corrected chi connectivity index (χ0v) is 24.7. The van der Waals surface area contributed by atoms with Gasteiger partial charge in [-0.25, -0.2) is 9.67 Å². The molecule has 212 valence electrons. The Labute approximate surface area is 254 Å². The molecule has 3 aromatic heterocycles. The minimum atomic E-state index is -0.441. The number of imidazole rings is 1. The Hall–Kier alpha value is -4.29. The summed E-state index contributed by atoms with van der Waals surface area (Å²) in [5.41, 5.74) is 4.39. The fraction of sp³-hybridized carbons (Fsp3) is 0.241. The highest BCUT2D eigenvalue weighted by Crippen LogP contribution is 2.31. The monoisotopic (exact) mass is 645 g/mol. The van der Waals surface area contributed by atoms with E-state index < -0.39 is 6.04 Å². The van der Waals surface area contributed by atoms with Crippen LogP contribution in [0.5, 0.6) is 0 Å². The third-order valence-electron chi connectivity index (χ3n) is 7.74. The normalized spacial score (nSPS) is 17.0. The molecule has 1 N–H and O–H groups in total. The Bertz CT molecular complexity index is 1780. The predicted molar refractivity (Wildman–Crippen MR) is 160 cm³/mol. The number of carbonyl (C=O) groups is 2. The van der Waals surface area contributed by atoms with Crippen molar-refractivity contribution in [2.45, 2.75) is 32.0 Å². The van der Waals surface area contributed by atoms with Crippen LogP contribution in [-0.4, -0.2) is 64.5 Å². The molecule has 2 aliphatic heterocycles. The molecule has 1 unspecified atom stereocenters. The Balaban J connectivity index is 1.09. The number of benzene rings is 2. The summed E-state index contributed by atoms with van der Waals surface area (Å²) in [5, 5.41) is 13.9. The molecule has 2 aliphatic rings. The van der Waals surface area contributed by atoms with Gasteiger partial charge in [-0.05, 0) is 61.4 Å². The van der Waals surface area contributed by atoms with Crippen LogP contribution in [-0.2, 0) is 17.9 Å². The maximum Gasteiger partial charge on any atom is 0.272 e. The third kappa shape index (κ3) is 4.90. The van der Waals surface area contributed by atoms with E-state index in [1.807, 2.05) is 41.1 Å². The summed E-state index contributed by atoms with van der Waals surface area (Å²) in [6.45, 7) is 2.08. The number of aromatic nitrogens is 7. The van der Waals surface area contributed by atoms with Gasteiger partial charge in [0.15, 0.2) is 0 Å². The molecule has 0 radical (unpaired) electrons. The number of halogens is 2. The molecule has 7 rings (SSSR count). The molecule has 0 spiro atoms. The molecule has 0 aliphatic carbocycles. The van der Waals surface area contributed by atoms with E-state index in [4.69, 9.17) is 11.6 Å². The molecular weight excluding hydrogens is 622 g/mol. The summed E-state index contributed by atoms with van der Waals surface area (Å²) in [6.07, 6.45) is 6.66. The molecule has 0 bridgehead atoms. The summed E-state index contributed by atoms with van der Waals surface area (Å²) >= 11 is 9.45. The molecule has 1 atom stereocenters. The lowest BCUT2D eigenvalue weighted by molar-refractivity contribution is -0.123. The molecular formula is C29H25BrClN9O2. The van der Waals surface area contributed by atoms with Crippen LogP contribution in [0.2, 0.25) is 5.02 Å². The maximum atomic E-state index is 13.5. The third-order valence-corrected chi connectivity index (χ3v) is 8.52. The molecule has 5 aromatic rings. The number of H-pyrrole nitrogens is 1. The van der Waals surface area contributed by atoms with Gasteiger partial charge in [0.25, 0.3) is 11.8 Å². The van der Waals surface area contributed by atoms with Gasteiger partial charge >= 0.3 is 0 Å². The average molecular weight is 647 g/mol. The second kappa shape index (κ2) is 10.8. The Morgan fingerprint density at radius 3 is 2.64 bits per heavy atom. The first-order chi connectivity index (χ1) is 20.4. The van der Waals surface area contributed by atoms with Gasteiger partial charge in [0, 0.05) is 39.4 Å². The number of rotatable bonds is 5. The van der Waals surface area contributed by atoms with Crippen LogP contribution in [0.3, 0.4) is 0 Å². The first-order valence-electron chi connectivity index (χ1n) is 13.6. The minimum absolute atomic E-state index is 0.00800. The number of aromatic amines is 1. The number of fused-ring (bicyclic) bond motifs is 1. The van der Waals surface area contributed by atoms with E-state index in [1.54, 1.807) is 45.2 Å². The summed E-state index contributed by atoms with van der Waals surface area (Å²) < 4.78 is 4.51. The van der Waals surface area contributed by atoms with Gasteiger partial charge in [0.2, 0.25) is 0 Å². The summed E-state index contributed by atoms with van der Waals surface area (Å²) in [7, 11) is 0. The Morgan fingerprint density at radius 1 is 1.02 bits per heavy atom. The zero-order valence-electron chi connectivity index (χ0n) is 22.3. The smallest absolute Gasteiger partial charge is 0.272 e. The van der Waals surface area contributed by atoms with Crippen molar-refractivity contribution in [2.24, 2.45) is 0 Å². The van der Waals surface area contributed by atoms with Crippen molar-refractivity contribution in [2.75, 3.05) is 18.0 Å². The minimum Gasteiger partial charge on any atom is -0.334 e. The van der Waals surface area contributed by atoms with Crippen LogP contribution in [0.4, 0.5) is 5.69 Å². The highest BCUT2D eigenvalue weighted by atomic mass is 79.9. The number of anilines is 1. The van der Waals surface area contributed by atoms with E-state index >= 15 is 0 Å². The zero-order chi connectivity index (χ0) is 28.8. The van der Waals surface area contributed by atoms with Crippen molar-refractivity contribution in [3.63, 3.8) is 0 Å². The first kappa shape index (κ1) is 26.6. The van der Waals surface area contributed by atoms with Crippen LogP contribution in [0.1, 0.15) is 35.1 Å². The maximum absolute atomic E-state index is 13.5. The topological polar surface area (TPSA) is 118 Å². The average Bonchev–Trinajstić information content (AvgIpc) is 3.78. The summed E-state index contributed by atoms with van der Waals surface area (Å²) in [4.78, 5) is 38.0. The number of piperidine rings is 1. The number of carbonyl (C=O) groups excluding carboxylic acids is 2. The van der Waals surface area contributed by atoms with Crippen LogP contribution in [0.25, 0.3) is 22.6 Å². The van der Waals surface area contributed by atoms with Gasteiger partial charge in [-0.15, -0.1) is 5.10 Å². The molecule has 2 amide bonds. The van der Waals surface area contributed by atoms with Crippen molar-refractivity contribution in [3.05, 3.63) is 88.0 Å². The number of amides is 2. The second-order valence-electron chi connectivity index (χ2n) is 10.3. The number of hydrogen-bond acceptors (Lipinski definition) is 6. The number of nitrogens with zero attached hydrogens (tertiary/aromatic N) is 8. The van der Waals surface area contributed by atoms with Crippen LogP contribution in [0.15, 0.2) is 71.6 Å².